The van der Waals surface area contributed by atoms with E-state index >= 15 is 0 Å². The van der Waals surface area contributed by atoms with Gasteiger partial charge in [-0.05, 0) is 49.4 Å². The zero-order valence-electron chi connectivity index (χ0n) is 15.3. The number of amides is 1. The number of aryl methyl sites for hydroxylation is 1. The molecule has 1 aliphatic carbocycles. The minimum Gasteiger partial charge on any atom is -0.331 e. The van der Waals surface area contributed by atoms with Crippen LogP contribution < -0.4 is 0 Å². The predicted octanol–water partition coefficient (Wildman–Crippen LogP) is 4.50. The molecule has 0 spiro atoms. The lowest BCUT2D eigenvalue weighted by Gasteiger charge is -2.23. The first kappa shape index (κ1) is 16.8. The summed E-state index contributed by atoms with van der Waals surface area (Å²) in [7, 11) is 0. The van der Waals surface area contributed by atoms with Crippen LogP contribution in [-0.4, -0.2) is 26.9 Å². The van der Waals surface area contributed by atoms with Gasteiger partial charge < -0.3 is 9.47 Å². The van der Waals surface area contributed by atoms with Gasteiger partial charge in [-0.25, -0.2) is 4.98 Å². The SMILES string of the molecule is CCCn1c(CN(CC2CC2)C(=O)c2ccccc2)nc2ccccc21. The second kappa shape index (κ2) is 7.32. The molecule has 1 saturated carbocycles. The van der Waals surface area contributed by atoms with Crippen molar-refractivity contribution in [3.63, 3.8) is 0 Å². The van der Waals surface area contributed by atoms with Gasteiger partial charge in [-0.15, -0.1) is 0 Å². The van der Waals surface area contributed by atoms with Crippen molar-refractivity contribution >= 4 is 16.9 Å². The number of imidazole rings is 1. The van der Waals surface area contributed by atoms with E-state index in [9.17, 15) is 4.79 Å². The van der Waals surface area contributed by atoms with Crippen LogP contribution in [0.2, 0.25) is 0 Å². The second-order valence-corrected chi connectivity index (χ2v) is 7.16. The fraction of sp³-hybridized carbons (Fsp3) is 0.364. The first-order valence-corrected chi connectivity index (χ1v) is 9.54. The van der Waals surface area contributed by atoms with Gasteiger partial charge in [-0.2, -0.15) is 0 Å². The first-order chi connectivity index (χ1) is 12.8. The summed E-state index contributed by atoms with van der Waals surface area (Å²) in [5.41, 5.74) is 2.92. The van der Waals surface area contributed by atoms with Crippen molar-refractivity contribution in [3.05, 3.63) is 66.0 Å². The lowest BCUT2D eigenvalue weighted by atomic mass is 10.2. The van der Waals surface area contributed by atoms with Gasteiger partial charge in [0.1, 0.15) is 5.82 Å². The van der Waals surface area contributed by atoms with Crippen LogP contribution in [0, 0.1) is 5.92 Å². The van der Waals surface area contributed by atoms with Gasteiger partial charge in [0.25, 0.3) is 5.91 Å². The van der Waals surface area contributed by atoms with Crippen LogP contribution in [-0.2, 0) is 13.1 Å². The maximum Gasteiger partial charge on any atom is 0.254 e. The summed E-state index contributed by atoms with van der Waals surface area (Å²) in [4.78, 5) is 19.9. The Kier molecular flexibility index (Phi) is 4.74. The average Bonchev–Trinajstić information content (AvgIpc) is 3.43. The Morgan fingerprint density at radius 1 is 1.12 bits per heavy atom. The summed E-state index contributed by atoms with van der Waals surface area (Å²) in [6, 6.07) is 17.8. The molecule has 0 unspecified atom stereocenters. The zero-order valence-corrected chi connectivity index (χ0v) is 15.3. The molecule has 0 saturated heterocycles. The number of para-hydroxylation sites is 2. The third-order valence-electron chi connectivity index (χ3n) is 5.00. The molecule has 1 fully saturated rings. The molecular weight excluding hydrogens is 322 g/mol. The molecule has 0 bridgehead atoms. The minimum atomic E-state index is 0.104. The molecule has 1 aromatic heterocycles. The summed E-state index contributed by atoms with van der Waals surface area (Å²) >= 11 is 0. The standard InChI is InChI=1S/C22H25N3O/c1-2-14-25-20-11-7-6-10-19(20)23-21(25)16-24(15-17-12-13-17)22(26)18-8-4-3-5-9-18/h3-11,17H,2,12-16H2,1H3. The Morgan fingerprint density at radius 2 is 1.85 bits per heavy atom. The molecule has 134 valence electrons. The zero-order chi connectivity index (χ0) is 17.9. The molecular formula is C22H25N3O. The molecule has 4 rings (SSSR count). The molecule has 0 radical (unpaired) electrons. The van der Waals surface area contributed by atoms with Crippen molar-refractivity contribution in [1.29, 1.82) is 0 Å². The van der Waals surface area contributed by atoms with Gasteiger partial charge in [0.05, 0.1) is 17.6 Å². The summed E-state index contributed by atoms with van der Waals surface area (Å²) in [5, 5.41) is 0. The highest BCUT2D eigenvalue weighted by Gasteiger charge is 2.28. The second-order valence-electron chi connectivity index (χ2n) is 7.16. The number of nitrogens with zero attached hydrogens (tertiary/aromatic N) is 3. The first-order valence-electron chi connectivity index (χ1n) is 9.54. The number of fused-ring (bicyclic) bond motifs is 1. The highest BCUT2D eigenvalue weighted by molar-refractivity contribution is 5.94. The van der Waals surface area contributed by atoms with E-state index in [2.05, 4.69) is 29.7 Å². The Morgan fingerprint density at radius 3 is 2.58 bits per heavy atom. The minimum absolute atomic E-state index is 0.104. The predicted molar refractivity (Wildman–Crippen MR) is 104 cm³/mol. The van der Waals surface area contributed by atoms with Crippen molar-refractivity contribution in [2.24, 2.45) is 5.92 Å². The van der Waals surface area contributed by atoms with E-state index < -0.39 is 0 Å². The van der Waals surface area contributed by atoms with Gasteiger partial charge in [0, 0.05) is 18.7 Å². The van der Waals surface area contributed by atoms with Crippen molar-refractivity contribution in [3.8, 4) is 0 Å². The van der Waals surface area contributed by atoms with Crippen molar-refractivity contribution in [1.82, 2.24) is 14.5 Å². The van der Waals surface area contributed by atoms with Crippen molar-refractivity contribution in [2.45, 2.75) is 39.3 Å². The normalized spacial score (nSPS) is 13.9. The highest BCUT2D eigenvalue weighted by Crippen LogP contribution is 2.31. The van der Waals surface area contributed by atoms with Gasteiger partial charge in [0.2, 0.25) is 0 Å². The summed E-state index contributed by atoms with van der Waals surface area (Å²) in [5.74, 6) is 1.73. The van der Waals surface area contributed by atoms with E-state index in [4.69, 9.17) is 4.98 Å². The molecule has 0 atom stereocenters. The Balaban J connectivity index is 1.66. The van der Waals surface area contributed by atoms with E-state index in [1.807, 2.05) is 41.3 Å². The molecule has 1 heterocycles. The van der Waals surface area contributed by atoms with Crippen LogP contribution in [0.4, 0.5) is 0 Å². The Bertz CT molecular complexity index is 896. The van der Waals surface area contributed by atoms with Crippen LogP contribution in [0.5, 0.6) is 0 Å². The fourth-order valence-electron chi connectivity index (χ4n) is 3.48. The Labute approximate surface area is 154 Å². The number of rotatable bonds is 7. The largest absolute Gasteiger partial charge is 0.331 e. The molecule has 0 aliphatic heterocycles. The monoisotopic (exact) mass is 347 g/mol. The van der Waals surface area contributed by atoms with E-state index in [0.29, 0.717) is 12.5 Å². The van der Waals surface area contributed by atoms with Crippen LogP contribution >= 0.6 is 0 Å². The highest BCUT2D eigenvalue weighted by atomic mass is 16.2. The number of carbonyl (C=O) groups excluding carboxylic acids is 1. The number of hydrogen-bond acceptors (Lipinski definition) is 2. The molecule has 1 amide bonds. The van der Waals surface area contributed by atoms with Crippen LogP contribution in [0.1, 0.15) is 42.4 Å². The van der Waals surface area contributed by atoms with E-state index in [-0.39, 0.29) is 5.91 Å². The maximum absolute atomic E-state index is 13.1. The van der Waals surface area contributed by atoms with Gasteiger partial charge in [-0.1, -0.05) is 37.3 Å². The number of hydrogen-bond donors (Lipinski definition) is 0. The molecule has 4 nitrogen and oxygen atoms in total. The molecule has 0 N–H and O–H groups in total. The smallest absolute Gasteiger partial charge is 0.254 e. The number of aromatic nitrogens is 2. The quantitative estimate of drug-likeness (QED) is 0.631. The summed E-state index contributed by atoms with van der Waals surface area (Å²) in [6.07, 6.45) is 3.50. The van der Waals surface area contributed by atoms with Crippen molar-refractivity contribution in [2.75, 3.05) is 6.54 Å². The maximum atomic E-state index is 13.1. The molecule has 1 aliphatic rings. The summed E-state index contributed by atoms with van der Waals surface area (Å²) < 4.78 is 2.27. The lowest BCUT2D eigenvalue weighted by molar-refractivity contribution is 0.0728. The fourth-order valence-corrected chi connectivity index (χ4v) is 3.48. The van der Waals surface area contributed by atoms with Gasteiger partial charge in [0.15, 0.2) is 0 Å². The van der Waals surface area contributed by atoms with Crippen LogP contribution in [0.15, 0.2) is 54.6 Å². The van der Waals surface area contributed by atoms with Crippen LogP contribution in [0.3, 0.4) is 0 Å². The molecule has 2 aromatic carbocycles. The van der Waals surface area contributed by atoms with Gasteiger partial charge in [-0.3, -0.25) is 4.79 Å². The third kappa shape index (κ3) is 3.50. The van der Waals surface area contributed by atoms with Crippen LogP contribution in [0.25, 0.3) is 11.0 Å². The van der Waals surface area contributed by atoms with Gasteiger partial charge >= 0.3 is 0 Å². The van der Waals surface area contributed by atoms with E-state index in [0.717, 1.165) is 41.9 Å². The lowest BCUT2D eigenvalue weighted by Crippen LogP contribution is -2.33. The van der Waals surface area contributed by atoms with E-state index in [1.165, 1.54) is 12.8 Å². The average molecular weight is 347 g/mol. The third-order valence-corrected chi connectivity index (χ3v) is 5.00. The Hall–Kier alpha value is -2.62. The summed E-state index contributed by atoms with van der Waals surface area (Å²) in [6.45, 7) is 4.49. The molecule has 26 heavy (non-hydrogen) atoms. The molecule has 4 heteroatoms. The van der Waals surface area contributed by atoms with E-state index in [1.54, 1.807) is 0 Å². The molecule has 3 aromatic rings. The number of benzene rings is 2. The number of carbonyl (C=O) groups is 1. The van der Waals surface area contributed by atoms with Crippen molar-refractivity contribution < 1.29 is 4.79 Å². The topological polar surface area (TPSA) is 38.1 Å².